The largest absolute Gasteiger partial charge is 0.442 e. The first kappa shape index (κ1) is 10.9. The average Bonchev–Trinajstić information content (AvgIpc) is 2.77. The van der Waals surface area contributed by atoms with Crippen molar-refractivity contribution in [2.45, 2.75) is 6.42 Å². The molecule has 2 heterocycles. The van der Waals surface area contributed by atoms with E-state index in [1.165, 1.54) is 11.3 Å². The predicted molar refractivity (Wildman–Crippen MR) is 63.8 cm³/mol. The van der Waals surface area contributed by atoms with Crippen LogP contribution in [0.2, 0.25) is 5.22 Å². The maximum absolute atomic E-state index is 11.7. The van der Waals surface area contributed by atoms with E-state index in [0.29, 0.717) is 12.2 Å². The van der Waals surface area contributed by atoms with Crippen molar-refractivity contribution in [3.8, 4) is 0 Å². The van der Waals surface area contributed by atoms with Crippen LogP contribution in [0.15, 0.2) is 32.5 Å². The van der Waals surface area contributed by atoms with Gasteiger partial charge in [0.1, 0.15) is 0 Å². The quantitative estimate of drug-likeness (QED) is 0.796. The molecule has 0 radical (unpaired) electrons. The van der Waals surface area contributed by atoms with Crippen molar-refractivity contribution < 1.29 is 9.21 Å². The zero-order valence-electron chi connectivity index (χ0n) is 7.50. The van der Waals surface area contributed by atoms with E-state index in [9.17, 15) is 4.79 Å². The molecule has 78 valence electrons. The molecule has 0 aliphatic rings. The predicted octanol–water partition coefficient (Wildman–Crippen LogP) is 4.18. The van der Waals surface area contributed by atoms with E-state index in [1.54, 1.807) is 12.1 Å². The number of carbonyl (C=O) groups excluding carboxylic acids is 1. The topological polar surface area (TPSA) is 30.2 Å². The van der Waals surface area contributed by atoms with E-state index in [4.69, 9.17) is 16.0 Å². The third-order valence-electron chi connectivity index (χ3n) is 1.86. The van der Waals surface area contributed by atoms with Crippen LogP contribution in [0.4, 0.5) is 0 Å². The highest BCUT2D eigenvalue weighted by Gasteiger charge is 2.13. The van der Waals surface area contributed by atoms with E-state index in [0.717, 1.165) is 9.35 Å². The molecule has 2 aromatic rings. The molecular weight excluding hydrogens is 300 g/mol. The molecule has 0 aliphatic carbocycles. The highest BCUT2D eigenvalue weighted by Crippen LogP contribution is 2.24. The van der Waals surface area contributed by atoms with E-state index < -0.39 is 0 Å². The first-order chi connectivity index (χ1) is 7.16. The molecule has 2 nitrogen and oxygen atoms in total. The molecule has 2 aromatic heterocycles. The summed E-state index contributed by atoms with van der Waals surface area (Å²) >= 11 is 10.5. The van der Waals surface area contributed by atoms with Crippen LogP contribution in [0.3, 0.4) is 0 Å². The van der Waals surface area contributed by atoms with Crippen LogP contribution in [-0.4, -0.2) is 5.78 Å². The standard InChI is InChI=1S/C10H6BrClO2S/c11-6-3-4-15-9(6)5-7(13)8-1-2-10(12)14-8/h1-4H,5H2. The number of hydrogen-bond acceptors (Lipinski definition) is 3. The molecule has 5 heteroatoms. The molecule has 15 heavy (non-hydrogen) atoms. The zero-order valence-corrected chi connectivity index (χ0v) is 10.7. The minimum Gasteiger partial charge on any atom is -0.442 e. The molecule has 0 spiro atoms. The molecule has 2 rings (SSSR count). The SMILES string of the molecule is O=C(Cc1sccc1Br)c1ccc(Cl)o1. The second-order valence-electron chi connectivity index (χ2n) is 2.90. The molecule has 0 aliphatic heterocycles. The lowest BCUT2D eigenvalue weighted by Crippen LogP contribution is -2.00. The second kappa shape index (κ2) is 4.51. The minimum absolute atomic E-state index is 0.0648. The lowest BCUT2D eigenvalue weighted by molar-refractivity contribution is 0.0967. The lowest BCUT2D eigenvalue weighted by Gasteiger charge is -1.95. The van der Waals surface area contributed by atoms with Crippen molar-refractivity contribution in [1.29, 1.82) is 0 Å². The van der Waals surface area contributed by atoms with Crippen molar-refractivity contribution in [1.82, 2.24) is 0 Å². The molecule has 0 amide bonds. The Bertz CT molecular complexity index is 489. The van der Waals surface area contributed by atoms with Gasteiger partial charge in [-0.05, 0) is 51.1 Å². The fraction of sp³-hybridized carbons (Fsp3) is 0.100. The summed E-state index contributed by atoms with van der Waals surface area (Å²) in [4.78, 5) is 12.7. The van der Waals surface area contributed by atoms with E-state index in [2.05, 4.69) is 15.9 Å². The molecule has 0 atom stereocenters. The van der Waals surface area contributed by atoms with Crippen LogP contribution in [0, 0.1) is 0 Å². The maximum Gasteiger partial charge on any atom is 0.203 e. The molecule has 0 saturated heterocycles. The first-order valence-corrected chi connectivity index (χ1v) is 6.22. The fourth-order valence-corrected chi connectivity index (χ4v) is 2.79. The van der Waals surface area contributed by atoms with Gasteiger partial charge >= 0.3 is 0 Å². The number of furan rings is 1. The van der Waals surface area contributed by atoms with Crippen molar-refractivity contribution in [3.05, 3.63) is 43.9 Å². The number of thiophene rings is 1. The van der Waals surface area contributed by atoms with Gasteiger partial charge in [0.05, 0.1) is 0 Å². The number of halogens is 2. The van der Waals surface area contributed by atoms with Crippen LogP contribution in [0.5, 0.6) is 0 Å². The number of carbonyl (C=O) groups is 1. The summed E-state index contributed by atoms with van der Waals surface area (Å²) in [6.07, 6.45) is 0.335. The summed E-state index contributed by atoms with van der Waals surface area (Å²) < 4.78 is 6.00. The smallest absolute Gasteiger partial charge is 0.203 e. The van der Waals surface area contributed by atoms with E-state index in [-0.39, 0.29) is 11.0 Å². The minimum atomic E-state index is -0.0648. The number of hydrogen-bond donors (Lipinski definition) is 0. The summed E-state index contributed by atoms with van der Waals surface area (Å²) in [5, 5.41) is 2.17. The Morgan fingerprint density at radius 3 is 2.80 bits per heavy atom. The van der Waals surface area contributed by atoms with Crippen LogP contribution in [-0.2, 0) is 6.42 Å². The van der Waals surface area contributed by atoms with Gasteiger partial charge in [-0.3, -0.25) is 4.79 Å². The first-order valence-electron chi connectivity index (χ1n) is 4.17. The van der Waals surface area contributed by atoms with E-state index in [1.807, 2.05) is 11.4 Å². The van der Waals surface area contributed by atoms with Crippen LogP contribution in [0.1, 0.15) is 15.4 Å². The van der Waals surface area contributed by atoms with Crippen molar-refractivity contribution in [3.63, 3.8) is 0 Å². The number of Topliss-reactive ketones (excluding diaryl/α,β-unsaturated/α-hetero) is 1. The van der Waals surface area contributed by atoms with Crippen LogP contribution < -0.4 is 0 Å². The molecule has 0 unspecified atom stereocenters. The average molecular weight is 306 g/mol. The van der Waals surface area contributed by atoms with Gasteiger partial charge < -0.3 is 4.42 Å². The van der Waals surface area contributed by atoms with Gasteiger partial charge in [0.25, 0.3) is 0 Å². The number of rotatable bonds is 3. The molecular formula is C10H6BrClO2S. The van der Waals surface area contributed by atoms with Crippen LogP contribution >= 0.6 is 38.9 Å². The molecule has 0 aromatic carbocycles. The zero-order chi connectivity index (χ0) is 10.8. The normalized spacial score (nSPS) is 10.5. The van der Waals surface area contributed by atoms with Gasteiger partial charge in [0.15, 0.2) is 11.0 Å². The Balaban J connectivity index is 2.14. The summed E-state index contributed by atoms with van der Waals surface area (Å²) in [6, 6.07) is 5.08. The van der Waals surface area contributed by atoms with Gasteiger partial charge in [-0.15, -0.1) is 11.3 Å². The van der Waals surface area contributed by atoms with Gasteiger partial charge in [-0.25, -0.2) is 0 Å². The molecule has 0 N–H and O–H groups in total. The molecule has 0 fully saturated rings. The van der Waals surface area contributed by atoms with Gasteiger partial charge in [0.2, 0.25) is 5.78 Å². The Morgan fingerprint density at radius 1 is 1.47 bits per heavy atom. The molecule has 0 bridgehead atoms. The van der Waals surface area contributed by atoms with Crippen LogP contribution in [0.25, 0.3) is 0 Å². The monoisotopic (exact) mass is 304 g/mol. The highest BCUT2D eigenvalue weighted by atomic mass is 79.9. The fourth-order valence-electron chi connectivity index (χ4n) is 1.15. The van der Waals surface area contributed by atoms with Gasteiger partial charge in [0, 0.05) is 15.8 Å². The summed E-state index contributed by atoms with van der Waals surface area (Å²) in [5.41, 5.74) is 0. The van der Waals surface area contributed by atoms with Crippen molar-refractivity contribution in [2.24, 2.45) is 0 Å². The van der Waals surface area contributed by atoms with Crippen molar-refractivity contribution >= 4 is 44.7 Å². The van der Waals surface area contributed by atoms with Gasteiger partial charge in [-0.2, -0.15) is 0 Å². The Hall–Kier alpha value is -0.580. The second-order valence-corrected chi connectivity index (χ2v) is 5.12. The molecule has 0 saturated carbocycles. The summed E-state index contributed by atoms with van der Waals surface area (Å²) in [6.45, 7) is 0. The van der Waals surface area contributed by atoms with Crippen molar-refractivity contribution in [2.75, 3.05) is 0 Å². The third kappa shape index (κ3) is 2.51. The Labute approximate surface area is 104 Å². The highest BCUT2D eigenvalue weighted by molar-refractivity contribution is 9.10. The number of ketones is 1. The Morgan fingerprint density at radius 2 is 2.27 bits per heavy atom. The Kier molecular flexibility index (Phi) is 3.29. The summed E-state index contributed by atoms with van der Waals surface area (Å²) in [5.74, 6) is 0.241. The lowest BCUT2D eigenvalue weighted by atomic mass is 10.2. The van der Waals surface area contributed by atoms with E-state index >= 15 is 0 Å². The summed E-state index contributed by atoms with van der Waals surface area (Å²) in [7, 11) is 0. The van der Waals surface area contributed by atoms with Gasteiger partial charge in [-0.1, -0.05) is 0 Å². The maximum atomic E-state index is 11.7. The third-order valence-corrected chi connectivity index (χ3v) is 3.99.